The molecule has 0 saturated carbocycles. The molecule has 1 aliphatic heterocycles. The molecule has 1 aliphatic rings. The lowest BCUT2D eigenvalue weighted by Gasteiger charge is -2.24. The summed E-state index contributed by atoms with van der Waals surface area (Å²) in [7, 11) is 1.25. The van der Waals surface area contributed by atoms with Crippen LogP contribution in [-0.4, -0.2) is 48.1 Å². The van der Waals surface area contributed by atoms with Gasteiger partial charge in [-0.15, -0.1) is 0 Å². The molecule has 1 aromatic heterocycles. The first-order chi connectivity index (χ1) is 17.8. The second kappa shape index (κ2) is 10.8. The second-order valence-electron chi connectivity index (χ2n) is 8.01. The zero-order chi connectivity index (χ0) is 26.7. The first-order valence-electron chi connectivity index (χ1n) is 11.6. The number of aryl methyl sites for hydroxylation is 1. The number of ketones is 1. The van der Waals surface area contributed by atoms with Crippen LogP contribution in [0.4, 0.5) is 5.13 Å². The monoisotopic (exact) mass is 522 g/mol. The largest absolute Gasteiger partial charge is 0.507 e. The topological polar surface area (TPSA) is 115 Å². The number of carbonyl (C=O) groups excluding carboxylic acids is 3. The summed E-state index contributed by atoms with van der Waals surface area (Å²) >= 11 is 0.936. The van der Waals surface area contributed by atoms with E-state index in [9.17, 15) is 19.5 Å². The van der Waals surface area contributed by atoms with E-state index in [0.717, 1.165) is 11.3 Å². The zero-order valence-electron chi connectivity index (χ0n) is 20.8. The summed E-state index contributed by atoms with van der Waals surface area (Å²) in [4.78, 5) is 44.8. The number of Topliss-reactive ketones (excluding diaryl/α,β-unsaturated/α-hetero) is 1. The third kappa shape index (κ3) is 4.79. The number of ether oxygens (including phenoxy) is 3. The summed E-state index contributed by atoms with van der Waals surface area (Å²) in [5.74, 6) is -1.73. The molecule has 1 N–H and O–H groups in total. The zero-order valence-corrected chi connectivity index (χ0v) is 21.6. The van der Waals surface area contributed by atoms with E-state index >= 15 is 0 Å². The first-order valence-corrected chi connectivity index (χ1v) is 12.5. The molecule has 1 amide bonds. The fourth-order valence-electron chi connectivity index (χ4n) is 4.10. The maximum absolute atomic E-state index is 13.4. The van der Waals surface area contributed by atoms with Crippen molar-refractivity contribution in [3.8, 4) is 11.5 Å². The summed E-state index contributed by atoms with van der Waals surface area (Å²) in [6.07, 6.45) is 0. The van der Waals surface area contributed by atoms with Crippen molar-refractivity contribution in [1.82, 2.24) is 4.98 Å². The van der Waals surface area contributed by atoms with E-state index in [2.05, 4.69) is 4.98 Å². The Kier molecular flexibility index (Phi) is 7.58. The highest BCUT2D eigenvalue weighted by molar-refractivity contribution is 7.17. The van der Waals surface area contributed by atoms with Crippen molar-refractivity contribution in [3.05, 3.63) is 75.8 Å². The van der Waals surface area contributed by atoms with Gasteiger partial charge in [0.1, 0.15) is 10.6 Å². The van der Waals surface area contributed by atoms with Gasteiger partial charge in [-0.2, -0.15) is 0 Å². The van der Waals surface area contributed by atoms with Gasteiger partial charge in [-0.25, -0.2) is 9.78 Å². The Balaban J connectivity index is 1.95. The molecule has 37 heavy (non-hydrogen) atoms. The Labute approximate surface area is 217 Å². The van der Waals surface area contributed by atoms with Gasteiger partial charge in [0, 0.05) is 5.56 Å². The third-order valence-electron chi connectivity index (χ3n) is 5.74. The Morgan fingerprint density at radius 1 is 1.05 bits per heavy atom. The maximum atomic E-state index is 13.4. The number of aliphatic hydroxyl groups is 1. The van der Waals surface area contributed by atoms with Crippen LogP contribution in [0.5, 0.6) is 11.5 Å². The molecule has 0 spiro atoms. The molecular formula is C27H26N2O7S. The van der Waals surface area contributed by atoms with E-state index in [0.29, 0.717) is 41.5 Å². The van der Waals surface area contributed by atoms with Crippen molar-refractivity contribution in [2.24, 2.45) is 0 Å². The minimum absolute atomic E-state index is 0.102. The molecule has 2 aromatic carbocycles. The molecule has 10 heteroatoms. The highest BCUT2D eigenvalue weighted by atomic mass is 32.1. The van der Waals surface area contributed by atoms with Crippen molar-refractivity contribution in [2.75, 3.05) is 25.2 Å². The number of aliphatic hydroxyl groups excluding tert-OH is 1. The molecule has 3 aromatic rings. The number of amides is 1. The van der Waals surface area contributed by atoms with Gasteiger partial charge in [0.05, 0.1) is 37.6 Å². The van der Waals surface area contributed by atoms with E-state index in [1.807, 2.05) is 13.8 Å². The normalized spacial score (nSPS) is 16.6. The molecule has 1 unspecified atom stereocenters. The molecule has 0 radical (unpaired) electrons. The molecule has 1 atom stereocenters. The van der Waals surface area contributed by atoms with Crippen LogP contribution in [0, 0.1) is 6.92 Å². The lowest BCUT2D eigenvalue weighted by Crippen LogP contribution is -2.29. The van der Waals surface area contributed by atoms with Crippen molar-refractivity contribution in [1.29, 1.82) is 0 Å². The van der Waals surface area contributed by atoms with Crippen molar-refractivity contribution >= 4 is 39.9 Å². The van der Waals surface area contributed by atoms with E-state index in [4.69, 9.17) is 14.2 Å². The van der Waals surface area contributed by atoms with Crippen LogP contribution in [-0.2, 0) is 14.3 Å². The molecule has 4 rings (SSSR count). The Morgan fingerprint density at radius 3 is 2.38 bits per heavy atom. The van der Waals surface area contributed by atoms with Crippen LogP contribution >= 0.6 is 11.3 Å². The molecule has 2 heterocycles. The number of hydrogen-bond donors (Lipinski definition) is 1. The van der Waals surface area contributed by atoms with Crippen LogP contribution in [0.15, 0.2) is 54.1 Å². The van der Waals surface area contributed by atoms with Crippen molar-refractivity contribution in [3.63, 3.8) is 0 Å². The number of rotatable bonds is 8. The fraction of sp³-hybridized carbons (Fsp3) is 0.259. The van der Waals surface area contributed by atoms with E-state index in [1.54, 1.807) is 55.5 Å². The number of anilines is 1. The van der Waals surface area contributed by atoms with Gasteiger partial charge in [-0.1, -0.05) is 47.7 Å². The highest BCUT2D eigenvalue weighted by Gasteiger charge is 2.48. The van der Waals surface area contributed by atoms with Crippen LogP contribution in [0.3, 0.4) is 0 Å². The molecule has 1 saturated heterocycles. The number of carbonyl (C=O) groups is 3. The van der Waals surface area contributed by atoms with Gasteiger partial charge in [-0.05, 0) is 38.5 Å². The number of esters is 1. The lowest BCUT2D eigenvalue weighted by atomic mass is 9.95. The van der Waals surface area contributed by atoms with Gasteiger partial charge >= 0.3 is 11.9 Å². The van der Waals surface area contributed by atoms with Gasteiger partial charge in [0.25, 0.3) is 5.78 Å². The third-order valence-corrected chi connectivity index (χ3v) is 6.87. The summed E-state index contributed by atoms with van der Waals surface area (Å²) in [5.41, 5.74) is 1.13. The predicted molar refractivity (Wildman–Crippen MR) is 138 cm³/mol. The van der Waals surface area contributed by atoms with Crippen LogP contribution < -0.4 is 14.4 Å². The minimum Gasteiger partial charge on any atom is -0.507 e. The van der Waals surface area contributed by atoms with Crippen LogP contribution in [0.2, 0.25) is 0 Å². The Bertz CT molecular complexity index is 1380. The molecule has 9 nitrogen and oxygen atoms in total. The Morgan fingerprint density at radius 2 is 1.73 bits per heavy atom. The second-order valence-corrected chi connectivity index (χ2v) is 8.99. The molecular weight excluding hydrogens is 496 g/mol. The van der Waals surface area contributed by atoms with Crippen LogP contribution in [0.25, 0.3) is 5.76 Å². The molecule has 0 bridgehead atoms. The minimum atomic E-state index is -1.04. The summed E-state index contributed by atoms with van der Waals surface area (Å²) in [6, 6.07) is 12.5. The number of thiazole rings is 1. The smallest absolute Gasteiger partial charge is 0.350 e. The summed E-state index contributed by atoms with van der Waals surface area (Å²) in [6.45, 7) is 6.08. The predicted octanol–water partition coefficient (Wildman–Crippen LogP) is 4.66. The van der Waals surface area contributed by atoms with Gasteiger partial charge < -0.3 is 19.3 Å². The number of nitrogens with zero attached hydrogens (tertiary/aromatic N) is 2. The average Bonchev–Trinajstić information content (AvgIpc) is 3.41. The van der Waals surface area contributed by atoms with E-state index in [-0.39, 0.29) is 21.3 Å². The quantitative estimate of drug-likeness (QED) is 0.197. The van der Waals surface area contributed by atoms with Crippen molar-refractivity contribution in [2.45, 2.75) is 26.8 Å². The van der Waals surface area contributed by atoms with E-state index < -0.39 is 23.7 Å². The van der Waals surface area contributed by atoms with Gasteiger partial charge in [0.15, 0.2) is 16.6 Å². The summed E-state index contributed by atoms with van der Waals surface area (Å²) < 4.78 is 16.3. The Hall–Kier alpha value is -4.18. The maximum Gasteiger partial charge on any atom is 0.350 e. The number of benzene rings is 2. The number of hydrogen-bond acceptors (Lipinski definition) is 9. The average molecular weight is 523 g/mol. The molecule has 1 fully saturated rings. The standard InChI is InChI=1S/C27H26N2O7S/c1-5-35-18-13-12-17(14-19(18)36-6-2)21-20(22(30)16-10-8-7-9-11-16)23(31)25(32)29(21)27-28-15(3)24(37-27)26(33)34-4/h7-14,21,30H,5-6H2,1-4H3/b22-20+. The SMILES string of the molecule is CCOc1ccc(C2/C(=C(\O)c3ccccc3)C(=O)C(=O)N2c2nc(C)c(C(=O)OC)s2)cc1OCC. The van der Waals surface area contributed by atoms with E-state index in [1.165, 1.54) is 12.0 Å². The molecule has 192 valence electrons. The lowest BCUT2D eigenvalue weighted by molar-refractivity contribution is -0.132. The summed E-state index contributed by atoms with van der Waals surface area (Å²) in [5, 5.41) is 11.4. The highest BCUT2D eigenvalue weighted by Crippen LogP contribution is 2.45. The first kappa shape index (κ1) is 25.9. The number of methoxy groups -OCH3 is 1. The number of aromatic nitrogens is 1. The molecule has 0 aliphatic carbocycles. The fourth-order valence-corrected chi connectivity index (χ4v) is 5.11. The van der Waals surface area contributed by atoms with Gasteiger partial charge in [-0.3, -0.25) is 14.5 Å². The van der Waals surface area contributed by atoms with Crippen LogP contribution in [0.1, 0.15) is 46.4 Å². The van der Waals surface area contributed by atoms with Crippen molar-refractivity contribution < 1.29 is 33.7 Å². The van der Waals surface area contributed by atoms with Gasteiger partial charge in [0.2, 0.25) is 0 Å².